The van der Waals surface area contributed by atoms with E-state index in [1.807, 2.05) is 19.3 Å². The summed E-state index contributed by atoms with van der Waals surface area (Å²) in [4.78, 5) is 17.6. The minimum Gasteiger partial charge on any atom is -0.493 e. The van der Waals surface area contributed by atoms with Crippen molar-refractivity contribution in [2.75, 3.05) is 19.1 Å². The lowest BCUT2D eigenvalue weighted by atomic mass is 10.2. The molecule has 0 atom stereocenters. The molecule has 0 amide bonds. The molecule has 1 aromatic carbocycles. The van der Waals surface area contributed by atoms with E-state index < -0.39 is 11.6 Å². The molecule has 0 radical (unpaired) electrons. The highest BCUT2D eigenvalue weighted by Gasteiger charge is 2.27. The number of hydrogen-bond donors (Lipinski definition) is 1. The van der Waals surface area contributed by atoms with Gasteiger partial charge in [0.25, 0.3) is 0 Å². The van der Waals surface area contributed by atoms with Gasteiger partial charge in [-0.15, -0.1) is 0 Å². The van der Waals surface area contributed by atoms with E-state index in [1.165, 1.54) is 19.1 Å². The Balaban J connectivity index is 1.88. The standard InChI is InChI=1S/C25H25F2N7O2/c1-5-28-17-8-9-22(32-18(17)7-6-16-13-31-33(2)14-16)34(15-21-29-10-11-30-21)25-23(26)19(35-3)12-20(36-4)24(25)27/h5-14H,15H2,1-4H3,(H,29,30)/b7-6+,28-5?. The van der Waals surface area contributed by atoms with Crippen LogP contribution in [0.5, 0.6) is 11.5 Å². The second kappa shape index (κ2) is 10.8. The summed E-state index contributed by atoms with van der Waals surface area (Å²) in [6, 6.07) is 4.53. The fourth-order valence-electron chi connectivity index (χ4n) is 3.60. The van der Waals surface area contributed by atoms with Gasteiger partial charge in [-0.1, -0.05) is 0 Å². The SMILES string of the molecule is CC=Nc1ccc(N(Cc2ncc[nH]2)c2c(F)c(OC)cc(OC)c2F)nc1/C=C/c1cnn(C)c1. The zero-order chi connectivity index (χ0) is 25.7. The number of hydrogen-bond acceptors (Lipinski definition) is 7. The number of ether oxygens (including phenoxy) is 2. The molecule has 0 aliphatic carbocycles. The third kappa shape index (κ3) is 5.09. The van der Waals surface area contributed by atoms with Crippen molar-refractivity contribution in [3.05, 3.63) is 71.7 Å². The van der Waals surface area contributed by atoms with Crippen LogP contribution in [0, 0.1) is 11.6 Å². The summed E-state index contributed by atoms with van der Waals surface area (Å²) in [5.74, 6) is -1.39. The van der Waals surface area contributed by atoms with Crippen molar-refractivity contribution in [1.82, 2.24) is 24.7 Å². The highest BCUT2D eigenvalue weighted by molar-refractivity contribution is 5.77. The van der Waals surface area contributed by atoms with Gasteiger partial charge in [0.2, 0.25) is 0 Å². The molecule has 3 aromatic heterocycles. The smallest absolute Gasteiger partial charge is 0.191 e. The van der Waals surface area contributed by atoms with Gasteiger partial charge in [0, 0.05) is 43.5 Å². The van der Waals surface area contributed by atoms with Gasteiger partial charge in [-0.3, -0.25) is 9.67 Å². The van der Waals surface area contributed by atoms with E-state index in [9.17, 15) is 0 Å². The minimum absolute atomic E-state index is 0.00763. The predicted molar refractivity (Wildman–Crippen MR) is 134 cm³/mol. The number of aromatic nitrogens is 5. The lowest BCUT2D eigenvalue weighted by Gasteiger charge is -2.26. The van der Waals surface area contributed by atoms with E-state index in [0.717, 1.165) is 11.6 Å². The first-order valence-electron chi connectivity index (χ1n) is 11.0. The summed E-state index contributed by atoms with van der Waals surface area (Å²) in [6.45, 7) is 1.78. The number of H-pyrrole nitrogens is 1. The molecule has 186 valence electrons. The summed E-state index contributed by atoms with van der Waals surface area (Å²) in [5.41, 5.74) is 1.56. The quantitative estimate of drug-likeness (QED) is 0.328. The number of nitrogens with zero attached hydrogens (tertiary/aromatic N) is 6. The number of benzene rings is 1. The van der Waals surface area contributed by atoms with E-state index in [2.05, 4.69) is 20.1 Å². The number of imidazole rings is 1. The number of pyridine rings is 1. The zero-order valence-corrected chi connectivity index (χ0v) is 20.2. The molecule has 3 heterocycles. The first-order chi connectivity index (χ1) is 17.4. The Bertz CT molecular complexity index is 1370. The molecule has 9 nitrogen and oxygen atoms in total. The summed E-state index contributed by atoms with van der Waals surface area (Å²) in [6.07, 6.45) is 12.0. The van der Waals surface area contributed by atoms with Gasteiger partial charge in [-0.05, 0) is 31.2 Å². The number of methoxy groups -OCH3 is 2. The van der Waals surface area contributed by atoms with Gasteiger partial charge in [0.1, 0.15) is 17.3 Å². The maximum Gasteiger partial charge on any atom is 0.191 e. The highest BCUT2D eigenvalue weighted by Crippen LogP contribution is 2.40. The van der Waals surface area contributed by atoms with Crippen molar-refractivity contribution in [3.8, 4) is 11.5 Å². The molecule has 0 fully saturated rings. The molecular weight excluding hydrogens is 468 g/mol. The fraction of sp³-hybridized carbons (Fsp3) is 0.200. The van der Waals surface area contributed by atoms with Crippen molar-refractivity contribution in [1.29, 1.82) is 0 Å². The average Bonchev–Trinajstić information content (AvgIpc) is 3.55. The van der Waals surface area contributed by atoms with E-state index in [0.29, 0.717) is 17.2 Å². The van der Waals surface area contributed by atoms with Crippen molar-refractivity contribution >= 4 is 35.6 Å². The molecule has 4 rings (SSSR count). The molecule has 4 aromatic rings. The predicted octanol–water partition coefficient (Wildman–Crippen LogP) is 5.06. The lowest BCUT2D eigenvalue weighted by Crippen LogP contribution is -2.22. The van der Waals surface area contributed by atoms with Crippen molar-refractivity contribution in [3.63, 3.8) is 0 Å². The molecule has 0 aliphatic rings. The Kier molecular flexibility index (Phi) is 7.38. The summed E-state index contributed by atoms with van der Waals surface area (Å²) in [7, 11) is 4.42. The molecule has 0 spiro atoms. The topological polar surface area (TPSA) is 93.5 Å². The molecule has 36 heavy (non-hydrogen) atoms. The van der Waals surface area contributed by atoms with Gasteiger partial charge in [-0.2, -0.15) is 5.10 Å². The number of rotatable bonds is 9. The average molecular weight is 494 g/mol. The Labute approximate surface area is 206 Å². The summed E-state index contributed by atoms with van der Waals surface area (Å²) >= 11 is 0. The van der Waals surface area contributed by atoms with E-state index in [-0.39, 0.29) is 29.5 Å². The third-order valence-corrected chi connectivity index (χ3v) is 5.27. The van der Waals surface area contributed by atoms with E-state index >= 15 is 8.78 Å². The molecule has 0 bridgehead atoms. The van der Waals surface area contributed by atoms with Gasteiger partial charge in [-0.25, -0.2) is 18.7 Å². The van der Waals surface area contributed by atoms with Crippen molar-refractivity contribution in [2.24, 2.45) is 12.0 Å². The maximum absolute atomic E-state index is 15.5. The number of nitrogens with one attached hydrogen (secondary N) is 1. The largest absolute Gasteiger partial charge is 0.493 e. The second-order valence-electron chi connectivity index (χ2n) is 7.62. The van der Waals surface area contributed by atoms with Crippen LogP contribution in [0.1, 0.15) is 24.0 Å². The number of anilines is 2. The Morgan fingerprint density at radius 1 is 1.14 bits per heavy atom. The van der Waals surface area contributed by atoms with Crippen LogP contribution in [0.4, 0.5) is 26.0 Å². The van der Waals surface area contributed by atoms with E-state index in [4.69, 9.17) is 14.5 Å². The first kappa shape index (κ1) is 24.6. The van der Waals surface area contributed by atoms with Gasteiger partial charge >= 0.3 is 0 Å². The fourth-order valence-corrected chi connectivity index (χ4v) is 3.60. The number of halogens is 2. The van der Waals surface area contributed by atoms with Crippen LogP contribution >= 0.6 is 0 Å². The highest BCUT2D eigenvalue weighted by atomic mass is 19.1. The Morgan fingerprint density at radius 2 is 1.89 bits per heavy atom. The maximum atomic E-state index is 15.5. The first-order valence-corrected chi connectivity index (χ1v) is 11.0. The number of aliphatic imine (C=N–C) groups is 1. The Morgan fingerprint density at radius 3 is 2.47 bits per heavy atom. The summed E-state index contributed by atoms with van der Waals surface area (Å²) in [5, 5.41) is 4.16. The monoisotopic (exact) mass is 493 g/mol. The van der Waals surface area contributed by atoms with Crippen LogP contribution in [-0.4, -0.2) is 45.2 Å². The minimum atomic E-state index is -0.896. The molecule has 0 unspecified atom stereocenters. The molecular formula is C25H25F2N7O2. The van der Waals surface area contributed by atoms with Crippen LogP contribution in [-0.2, 0) is 13.6 Å². The van der Waals surface area contributed by atoms with Crippen LogP contribution in [0.3, 0.4) is 0 Å². The zero-order valence-electron chi connectivity index (χ0n) is 20.2. The van der Waals surface area contributed by atoms with Gasteiger partial charge in [0.05, 0.1) is 38.3 Å². The van der Waals surface area contributed by atoms with Gasteiger partial charge in [0.15, 0.2) is 23.1 Å². The number of aromatic amines is 1. The molecule has 0 saturated heterocycles. The van der Waals surface area contributed by atoms with Crippen molar-refractivity contribution in [2.45, 2.75) is 13.5 Å². The summed E-state index contributed by atoms with van der Waals surface area (Å²) < 4.78 is 43.0. The molecule has 11 heteroatoms. The lowest BCUT2D eigenvalue weighted by molar-refractivity contribution is 0.358. The molecule has 0 aliphatic heterocycles. The molecule has 0 saturated carbocycles. The van der Waals surface area contributed by atoms with Crippen molar-refractivity contribution < 1.29 is 18.3 Å². The normalized spacial score (nSPS) is 11.5. The van der Waals surface area contributed by atoms with Gasteiger partial charge < -0.3 is 19.4 Å². The van der Waals surface area contributed by atoms with Crippen LogP contribution in [0.15, 0.2) is 48.0 Å². The van der Waals surface area contributed by atoms with Crippen LogP contribution < -0.4 is 14.4 Å². The Hall–Kier alpha value is -4.54. The van der Waals surface area contributed by atoms with Crippen LogP contribution in [0.2, 0.25) is 0 Å². The molecule has 1 N–H and O–H groups in total. The third-order valence-electron chi connectivity index (χ3n) is 5.27. The second-order valence-corrected chi connectivity index (χ2v) is 7.62. The number of aryl methyl sites for hydroxylation is 1. The van der Waals surface area contributed by atoms with E-state index in [1.54, 1.807) is 54.6 Å². The van der Waals surface area contributed by atoms with Crippen LogP contribution in [0.25, 0.3) is 12.2 Å².